The van der Waals surface area contributed by atoms with Gasteiger partial charge in [0.2, 0.25) is 5.95 Å². The zero-order chi connectivity index (χ0) is 23.4. The fourth-order valence-corrected chi connectivity index (χ4v) is 4.66. The summed E-state index contributed by atoms with van der Waals surface area (Å²) in [5.74, 6) is 1.69. The molecule has 33 heavy (non-hydrogen) atoms. The van der Waals surface area contributed by atoms with Gasteiger partial charge < -0.3 is 20.9 Å². The Morgan fingerprint density at radius 3 is 2.48 bits per heavy atom. The molecule has 1 heterocycles. The van der Waals surface area contributed by atoms with E-state index in [0.717, 1.165) is 50.0 Å². The molecule has 0 bridgehead atoms. The third kappa shape index (κ3) is 5.50. The maximum Gasteiger partial charge on any atom is 0.319 e. The van der Waals surface area contributed by atoms with Gasteiger partial charge in [0.15, 0.2) is 0 Å². The molecular weight excluding hydrogens is 422 g/mol. The molecule has 3 N–H and O–H groups in total. The van der Waals surface area contributed by atoms with Crippen LogP contribution in [0.3, 0.4) is 0 Å². The van der Waals surface area contributed by atoms with Crippen molar-refractivity contribution in [2.45, 2.75) is 63.5 Å². The zero-order valence-electron chi connectivity index (χ0n) is 19.1. The maximum atomic E-state index is 12.4. The molecule has 2 aliphatic rings. The first-order chi connectivity index (χ1) is 15.9. The number of aryl methyl sites for hydroxylation is 1. The molecule has 0 saturated heterocycles. The quantitative estimate of drug-likeness (QED) is 0.448. The van der Waals surface area contributed by atoms with Crippen molar-refractivity contribution in [3.8, 4) is 0 Å². The van der Waals surface area contributed by atoms with E-state index in [9.17, 15) is 14.9 Å². The van der Waals surface area contributed by atoms with E-state index in [1.807, 2.05) is 14.1 Å². The normalized spacial score (nSPS) is 19.8. The average Bonchev–Trinajstić information content (AvgIpc) is 2.80. The summed E-state index contributed by atoms with van der Waals surface area (Å²) in [4.78, 5) is 34.7. The highest BCUT2D eigenvalue weighted by Gasteiger charge is 2.25. The van der Waals surface area contributed by atoms with Crippen molar-refractivity contribution in [3.05, 3.63) is 45.6 Å². The Bertz CT molecular complexity index is 1020. The van der Waals surface area contributed by atoms with Crippen molar-refractivity contribution in [2.24, 2.45) is 0 Å². The predicted molar refractivity (Wildman–Crippen MR) is 128 cm³/mol. The minimum atomic E-state index is -0.503. The van der Waals surface area contributed by atoms with Gasteiger partial charge in [0.1, 0.15) is 11.5 Å². The van der Waals surface area contributed by atoms with Gasteiger partial charge in [0.25, 0.3) is 5.69 Å². The monoisotopic (exact) mass is 453 g/mol. The minimum absolute atomic E-state index is 0.0209. The lowest BCUT2D eigenvalue weighted by Crippen LogP contribution is -2.42. The number of aromatic nitrogens is 2. The van der Waals surface area contributed by atoms with Crippen LogP contribution in [0.5, 0.6) is 0 Å². The number of urea groups is 1. The molecule has 2 aromatic rings. The second-order valence-electron chi connectivity index (χ2n) is 8.96. The van der Waals surface area contributed by atoms with E-state index in [0.29, 0.717) is 5.95 Å². The summed E-state index contributed by atoms with van der Waals surface area (Å²) in [6, 6.07) is 5.98. The Morgan fingerprint density at radius 1 is 1.06 bits per heavy atom. The lowest BCUT2D eigenvalue weighted by molar-refractivity contribution is -0.383. The van der Waals surface area contributed by atoms with Gasteiger partial charge in [-0.1, -0.05) is 12.1 Å². The summed E-state index contributed by atoms with van der Waals surface area (Å²) < 4.78 is 0. The van der Waals surface area contributed by atoms with Crippen LogP contribution in [0, 0.1) is 10.1 Å². The molecule has 2 aliphatic carbocycles. The van der Waals surface area contributed by atoms with E-state index in [4.69, 9.17) is 9.97 Å². The minimum Gasteiger partial charge on any atom is -0.362 e. The van der Waals surface area contributed by atoms with Crippen molar-refractivity contribution in [1.29, 1.82) is 0 Å². The molecule has 1 aromatic carbocycles. The standard InChI is InChI=1S/C23H31N7O3/c1-29(2)21-17-7-3-4-8-18(17)26-22(28-21)24-15-11-13-16(14-12-15)25-23(31)27-19-9-5-6-10-20(19)30(32)33/h5-6,9-10,15-16H,3-4,7-8,11-14H2,1-2H3,(H,24,26,28)(H2,25,27,31). The maximum absolute atomic E-state index is 12.4. The Balaban J connectivity index is 1.31. The number of nitro benzene ring substituents is 1. The molecule has 4 rings (SSSR count). The van der Waals surface area contributed by atoms with Crippen LogP contribution in [0.4, 0.5) is 27.9 Å². The molecule has 2 amide bonds. The first kappa shape index (κ1) is 22.8. The smallest absolute Gasteiger partial charge is 0.319 e. The Morgan fingerprint density at radius 2 is 1.76 bits per heavy atom. The number of amides is 2. The molecule has 0 atom stereocenters. The number of fused-ring (bicyclic) bond motifs is 1. The second-order valence-corrected chi connectivity index (χ2v) is 8.96. The van der Waals surface area contributed by atoms with Crippen LogP contribution < -0.4 is 20.9 Å². The number of carbonyl (C=O) groups is 1. The summed E-state index contributed by atoms with van der Waals surface area (Å²) in [7, 11) is 4.04. The molecule has 0 radical (unpaired) electrons. The number of nitro groups is 1. The fraction of sp³-hybridized carbons (Fsp3) is 0.522. The molecule has 10 nitrogen and oxygen atoms in total. The van der Waals surface area contributed by atoms with Crippen LogP contribution in [0.25, 0.3) is 0 Å². The van der Waals surface area contributed by atoms with Crippen LogP contribution >= 0.6 is 0 Å². The van der Waals surface area contributed by atoms with E-state index in [-0.39, 0.29) is 23.5 Å². The molecule has 1 aromatic heterocycles. The molecular formula is C23H31N7O3. The molecule has 0 aliphatic heterocycles. The topological polar surface area (TPSA) is 125 Å². The SMILES string of the molecule is CN(C)c1nc(NC2CCC(NC(=O)Nc3ccccc3[N+](=O)[O-])CC2)nc2c1CCCC2. The number of nitrogens with zero attached hydrogens (tertiary/aromatic N) is 4. The first-order valence-electron chi connectivity index (χ1n) is 11.6. The van der Waals surface area contributed by atoms with Crippen LogP contribution in [0.1, 0.15) is 49.8 Å². The van der Waals surface area contributed by atoms with E-state index < -0.39 is 11.0 Å². The molecule has 176 valence electrons. The lowest BCUT2D eigenvalue weighted by Gasteiger charge is -2.30. The summed E-state index contributed by atoms with van der Waals surface area (Å²) in [5, 5.41) is 20.2. The van der Waals surface area contributed by atoms with Gasteiger partial charge in [-0.15, -0.1) is 0 Å². The Labute approximate surface area is 193 Å². The van der Waals surface area contributed by atoms with Gasteiger partial charge in [0.05, 0.1) is 10.6 Å². The van der Waals surface area contributed by atoms with Crippen LogP contribution in [-0.2, 0) is 12.8 Å². The van der Waals surface area contributed by atoms with Crippen molar-refractivity contribution < 1.29 is 9.72 Å². The molecule has 1 saturated carbocycles. The van der Waals surface area contributed by atoms with E-state index >= 15 is 0 Å². The lowest BCUT2D eigenvalue weighted by atomic mass is 9.91. The fourth-order valence-electron chi connectivity index (χ4n) is 4.66. The third-order valence-electron chi connectivity index (χ3n) is 6.33. The number of rotatable bonds is 6. The van der Waals surface area contributed by atoms with Crippen molar-refractivity contribution >= 4 is 29.2 Å². The van der Waals surface area contributed by atoms with Gasteiger partial charge in [-0.25, -0.2) is 9.78 Å². The van der Waals surface area contributed by atoms with E-state index in [1.54, 1.807) is 12.1 Å². The molecule has 0 unspecified atom stereocenters. The van der Waals surface area contributed by atoms with Crippen molar-refractivity contribution in [1.82, 2.24) is 15.3 Å². The molecule has 0 spiro atoms. The highest BCUT2D eigenvalue weighted by molar-refractivity contribution is 5.91. The molecule has 1 fully saturated rings. The van der Waals surface area contributed by atoms with Crippen LogP contribution in [0.15, 0.2) is 24.3 Å². The van der Waals surface area contributed by atoms with Crippen LogP contribution in [-0.4, -0.2) is 47.1 Å². The largest absolute Gasteiger partial charge is 0.362 e. The number of nitrogens with one attached hydrogen (secondary N) is 3. The Kier molecular flexibility index (Phi) is 6.90. The average molecular weight is 454 g/mol. The second kappa shape index (κ2) is 10.0. The van der Waals surface area contributed by atoms with Crippen molar-refractivity contribution in [3.63, 3.8) is 0 Å². The van der Waals surface area contributed by atoms with E-state index in [1.165, 1.54) is 30.5 Å². The number of benzene rings is 1. The van der Waals surface area contributed by atoms with Gasteiger partial charge >= 0.3 is 6.03 Å². The molecule has 10 heteroatoms. The third-order valence-corrected chi connectivity index (χ3v) is 6.33. The van der Waals surface area contributed by atoms with Crippen molar-refractivity contribution in [2.75, 3.05) is 29.6 Å². The van der Waals surface area contributed by atoms with Gasteiger partial charge in [0, 0.05) is 37.8 Å². The number of carbonyl (C=O) groups excluding carboxylic acids is 1. The number of para-hydroxylation sites is 2. The number of hydrogen-bond acceptors (Lipinski definition) is 7. The highest BCUT2D eigenvalue weighted by Crippen LogP contribution is 2.29. The summed E-state index contributed by atoms with van der Waals surface area (Å²) in [5.41, 5.74) is 2.50. The zero-order valence-corrected chi connectivity index (χ0v) is 19.1. The highest BCUT2D eigenvalue weighted by atomic mass is 16.6. The Hall–Kier alpha value is -3.43. The number of hydrogen-bond donors (Lipinski definition) is 3. The van der Waals surface area contributed by atoms with Gasteiger partial charge in [-0.3, -0.25) is 10.1 Å². The summed E-state index contributed by atoms with van der Waals surface area (Å²) in [6.45, 7) is 0. The summed E-state index contributed by atoms with van der Waals surface area (Å²) >= 11 is 0. The number of anilines is 3. The first-order valence-corrected chi connectivity index (χ1v) is 11.6. The van der Waals surface area contributed by atoms with Gasteiger partial charge in [-0.2, -0.15) is 4.98 Å². The van der Waals surface area contributed by atoms with Gasteiger partial charge in [-0.05, 0) is 57.4 Å². The van der Waals surface area contributed by atoms with E-state index in [2.05, 4.69) is 20.9 Å². The van der Waals surface area contributed by atoms with Crippen LogP contribution in [0.2, 0.25) is 0 Å². The predicted octanol–water partition coefficient (Wildman–Crippen LogP) is 3.87. The summed E-state index contributed by atoms with van der Waals surface area (Å²) in [6.07, 6.45) is 7.78.